The Kier molecular flexibility index (Phi) is 5.03. The Morgan fingerprint density at radius 2 is 1.97 bits per heavy atom. The van der Waals surface area contributed by atoms with E-state index >= 15 is 0 Å². The fourth-order valence-electron chi connectivity index (χ4n) is 3.03. The SMILES string of the molecule is Cc1cc(Nc2nccc(C(F)F)n2)cc(-c2cnn(Cc3cnc(C)[nH]3)c2)c1. The fourth-order valence-corrected chi connectivity index (χ4v) is 3.03. The number of anilines is 2. The van der Waals surface area contributed by atoms with Crippen molar-refractivity contribution in [1.29, 1.82) is 0 Å². The summed E-state index contributed by atoms with van der Waals surface area (Å²) in [5.41, 5.74) is 4.26. The van der Waals surface area contributed by atoms with Gasteiger partial charge in [-0.1, -0.05) is 6.07 Å². The van der Waals surface area contributed by atoms with E-state index in [1.165, 1.54) is 12.3 Å². The van der Waals surface area contributed by atoms with Crippen molar-refractivity contribution >= 4 is 11.6 Å². The average Bonchev–Trinajstić information content (AvgIpc) is 3.31. The van der Waals surface area contributed by atoms with Crippen LogP contribution in [-0.2, 0) is 6.54 Å². The number of halogens is 2. The van der Waals surface area contributed by atoms with Crippen LogP contribution in [0.3, 0.4) is 0 Å². The summed E-state index contributed by atoms with van der Waals surface area (Å²) in [5.74, 6) is 0.990. The van der Waals surface area contributed by atoms with Gasteiger partial charge in [-0.15, -0.1) is 0 Å². The number of H-pyrrole nitrogens is 1. The maximum atomic E-state index is 12.9. The minimum Gasteiger partial charge on any atom is -0.345 e. The topological polar surface area (TPSA) is 84.3 Å². The van der Waals surface area contributed by atoms with Crippen LogP contribution in [0.4, 0.5) is 20.4 Å². The van der Waals surface area contributed by atoms with Crippen molar-refractivity contribution in [3.8, 4) is 11.1 Å². The lowest BCUT2D eigenvalue weighted by Crippen LogP contribution is -2.00. The Morgan fingerprint density at radius 3 is 2.72 bits per heavy atom. The van der Waals surface area contributed by atoms with E-state index < -0.39 is 6.43 Å². The summed E-state index contributed by atoms with van der Waals surface area (Å²) in [5, 5.41) is 7.42. The third kappa shape index (κ3) is 4.45. The molecular formula is C20H19F2N7. The van der Waals surface area contributed by atoms with E-state index in [0.717, 1.165) is 28.2 Å². The van der Waals surface area contributed by atoms with E-state index in [0.29, 0.717) is 12.2 Å². The molecule has 2 N–H and O–H groups in total. The Bertz CT molecular complexity index is 1130. The van der Waals surface area contributed by atoms with Gasteiger partial charge in [0, 0.05) is 23.6 Å². The molecule has 0 unspecified atom stereocenters. The zero-order valence-electron chi connectivity index (χ0n) is 15.9. The molecule has 9 heteroatoms. The number of hydrogen-bond donors (Lipinski definition) is 2. The van der Waals surface area contributed by atoms with Crippen LogP contribution in [-0.4, -0.2) is 29.7 Å². The molecule has 0 saturated carbocycles. The van der Waals surface area contributed by atoms with Gasteiger partial charge in [0.2, 0.25) is 5.95 Å². The normalized spacial score (nSPS) is 11.2. The lowest BCUT2D eigenvalue weighted by Gasteiger charge is -2.09. The highest BCUT2D eigenvalue weighted by atomic mass is 19.3. The van der Waals surface area contributed by atoms with Gasteiger partial charge in [-0.05, 0) is 43.2 Å². The van der Waals surface area contributed by atoms with Crippen LogP contribution >= 0.6 is 0 Å². The number of aryl methyl sites for hydroxylation is 2. The van der Waals surface area contributed by atoms with Gasteiger partial charge in [0.15, 0.2) is 0 Å². The number of aromatic amines is 1. The molecule has 0 aliphatic heterocycles. The highest BCUT2D eigenvalue weighted by Gasteiger charge is 2.11. The number of imidazole rings is 1. The second-order valence-electron chi connectivity index (χ2n) is 6.74. The molecule has 0 saturated heterocycles. The molecule has 0 radical (unpaired) electrons. The molecular weight excluding hydrogens is 376 g/mol. The molecule has 4 rings (SSSR count). The van der Waals surface area contributed by atoms with Gasteiger partial charge in [0.1, 0.15) is 11.5 Å². The van der Waals surface area contributed by atoms with E-state index in [1.54, 1.807) is 12.4 Å². The number of rotatable bonds is 6. The molecule has 0 fully saturated rings. The van der Waals surface area contributed by atoms with Crippen molar-refractivity contribution < 1.29 is 8.78 Å². The van der Waals surface area contributed by atoms with E-state index in [2.05, 4.69) is 30.4 Å². The molecule has 0 bridgehead atoms. The molecule has 148 valence electrons. The monoisotopic (exact) mass is 395 g/mol. The van der Waals surface area contributed by atoms with Crippen molar-refractivity contribution in [2.24, 2.45) is 0 Å². The molecule has 4 aromatic rings. The maximum absolute atomic E-state index is 12.9. The zero-order valence-corrected chi connectivity index (χ0v) is 15.9. The number of nitrogens with zero attached hydrogens (tertiary/aromatic N) is 5. The molecule has 1 aromatic carbocycles. The van der Waals surface area contributed by atoms with Crippen LogP contribution in [0.15, 0.2) is 49.1 Å². The van der Waals surface area contributed by atoms with Crippen LogP contribution in [0.1, 0.15) is 29.2 Å². The zero-order chi connectivity index (χ0) is 20.4. The molecule has 0 atom stereocenters. The minimum atomic E-state index is -2.64. The maximum Gasteiger partial charge on any atom is 0.280 e. The predicted octanol–water partition coefficient (Wildman–Crippen LogP) is 4.41. The molecule has 0 aliphatic rings. The predicted molar refractivity (Wildman–Crippen MR) is 105 cm³/mol. The summed E-state index contributed by atoms with van der Waals surface area (Å²) in [6.45, 7) is 4.45. The number of benzene rings is 1. The van der Waals surface area contributed by atoms with Crippen molar-refractivity contribution in [1.82, 2.24) is 29.7 Å². The van der Waals surface area contributed by atoms with Gasteiger partial charge in [-0.2, -0.15) is 5.10 Å². The van der Waals surface area contributed by atoms with Gasteiger partial charge < -0.3 is 10.3 Å². The van der Waals surface area contributed by atoms with Crippen LogP contribution in [0.25, 0.3) is 11.1 Å². The largest absolute Gasteiger partial charge is 0.345 e. The van der Waals surface area contributed by atoms with Gasteiger partial charge in [0.05, 0.1) is 24.6 Å². The molecule has 3 heterocycles. The molecule has 3 aromatic heterocycles. The smallest absolute Gasteiger partial charge is 0.280 e. The fraction of sp³-hybridized carbons (Fsp3) is 0.200. The standard InChI is InChI=1S/C20H19F2N7/c1-12-5-14(15-8-25-29(10-15)11-17-9-24-13(2)26-17)7-16(6-12)27-20-23-4-3-18(28-20)19(21)22/h3-10,19H,11H2,1-2H3,(H,24,26)(H,23,27,28). The molecule has 0 spiro atoms. The van der Waals surface area contributed by atoms with E-state index in [4.69, 9.17) is 0 Å². The van der Waals surface area contributed by atoms with Gasteiger partial charge in [-0.25, -0.2) is 23.7 Å². The lowest BCUT2D eigenvalue weighted by atomic mass is 10.1. The molecule has 29 heavy (non-hydrogen) atoms. The summed E-state index contributed by atoms with van der Waals surface area (Å²) < 4.78 is 27.5. The van der Waals surface area contributed by atoms with E-state index in [-0.39, 0.29) is 11.6 Å². The Labute approximate surface area is 165 Å². The van der Waals surface area contributed by atoms with Crippen LogP contribution < -0.4 is 5.32 Å². The van der Waals surface area contributed by atoms with Crippen molar-refractivity contribution in [3.05, 3.63) is 71.8 Å². The van der Waals surface area contributed by atoms with Crippen molar-refractivity contribution in [2.45, 2.75) is 26.8 Å². The Morgan fingerprint density at radius 1 is 1.10 bits per heavy atom. The van der Waals surface area contributed by atoms with Crippen molar-refractivity contribution in [3.63, 3.8) is 0 Å². The molecule has 0 amide bonds. The van der Waals surface area contributed by atoms with Gasteiger partial charge in [-0.3, -0.25) is 4.68 Å². The highest BCUT2D eigenvalue weighted by molar-refractivity contribution is 5.70. The molecule has 7 nitrogen and oxygen atoms in total. The first kappa shape index (κ1) is 18.7. The number of aromatic nitrogens is 6. The summed E-state index contributed by atoms with van der Waals surface area (Å²) in [6, 6.07) is 7.04. The first-order valence-corrected chi connectivity index (χ1v) is 8.99. The lowest BCUT2D eigenvalue weighted by molar-refractivity contribution is 0.146. The van der Waals surface area contributed by atoms with Crippen LogP contribution in [0.5, 0.6) is 0 Å². The highest BCUT2D eigenvalue weighted by Crippen LogP contribution is 2.26. The number of alkyl halides is 2. The van der Waals surface area contributed by atoms with Gasteiger partial charge >= 0.3 is 0 Å². The quantitative estimate of drug-likeness (QED) is 0.505. The van der Waals surface area contributed by atoms with Gasteiger partial charge in [0.25, 0.3) is 6.43 Å². The summed E-state index contributed by atoms with van der Waals surface area (Å²) in [6.07, 6.45) is 4.20. The molecule has 0 aliphatic carbocycles. The second kappa shape index (κ2) is 7.78. The first-order valence-electron chi connectivity index (χ1n) is 8.99. The number of hydrogen-bond acceptors (Lipinski definition) is 5. The summed E-state index contributed by atoms with van der Waals surface area (Å²) >= 11 is 0. The second-order valence-corrected chi connectivity index (χ2v) is 6.74. The van der Waals surface area contributed by atoms with Crippen molar-refractivity contribution in [2.75, 3.05) is 5.32 Å². The van der Waals surface area contributed by atoms with Crippen LogP contribution in [0.2, 0.25) is 0 Å². The Balaban J connectivity index is 1.56. The average molecular weight is 395 g/mol. The van der Waals surface area contributed by atoms with E-state index in [1.807, 2.05) is 42.9 Å². The van der Waals surface area contributed by atoms with Crippen LogP contribution in [0, 0.1) is 13.8 Å². The third-order valence-electron chi connectivity index (χ3n) is 4.29. The first-order chi connectivity index (χ1) is 14.0. The van der Waals surface area contributed by atoms with E-state index in [9.17, 15) is 8.78 Å². The Hall–Kier alpha value is -3.62. The summed E-state index contributed by atoms with van der Waals surface area (Å²) in [4.78, 5) is 15.3. The minimum absolute atomic E-state index is 0.129. The third-order valence-corrected chi connectivity index (χ3v) is 4.29. The number of nitrogens with one attached hydrogen (secondary N) is 2. The summed E-state index contributed by atoms with van der Waals surface area (Å²) in [7, 11) is 0.